The summed E-state index contributed by atoms with van der Waals surface area (Å²) < 4.78 is 0. The number of nitrogens with zero attached hydrogens (tertiary/aromatic N) is 2. The van der Waals surface area contributed by atoms with Gasteiger partial charge in [0, 0.05) is 12.1 Å². The van der Waals surface area contributed by atoms with E-state index in [0.29, 0.717) is 5.57 Å². The van der Waals surface area contributed by atoms with E-state index in [9.17, 15) is 9.59 Å². The molecule has 0 atom stereocenters. The molecule has 72 valence electrons. The average Bonchev–Trinajstić information content (AvgIpc) is 2.16. The van der Waals surface area contributed by atoms with E-state index in [-0.39, 0.29) is 17.7 Å². The summed E-state index contributed by atoms with van der Waals surface area (Å²) in [5.74, 6) is -0.932. The van der Waals surface area contributed by atoms with Crippen molar-refractivity contribution in [2.45, 2.75) is 13.8 Å². The molecule has 0 saturated carbocycles. The monoisotopic (exact) mass is 190 g/mol. The summed E-state index contributed by atoms with van der Waals surface area (Å²) in [5, 5.41) is 8.74. The lowest BCUT2D eigenvalue weighted by molar-refractivity contribution is -0.140. The molecule has 0 saturated heterocycles. The maximum Gasteiger partial charge on any atom is 0.271 e. The van der Waals surface area contributed by atoms with Gasteiger partial charge in [-0.2, -0.15) is 5.26 Å². The summed E-state index contributed by atoms with van der Waals surface area (Å²) in [6.07, 6.45) is 0. The van der Waals surface area contributed by atoms with Gasteiger partial charge in [0.15, 0.2) is 0 Å². The first-order chi connectivity index (χ1) is 6.54. The van der Waals surface area contributed by atoms with Crippen molar-refractivity contribution in [2.24, 2.45) is 0 Å². The smallest absolute Gasteiger partial charge is 0.271 e. The molecule has 0 aromatic carbocycles. The van der Waals surface area contributed by atoms with E-state index in [2.05, 4.69) is 6.58 Å². The van der Waals surface area contributed by atoms with Crippen LogP contribution in [0.15, 0.2) is 23.3 Å². The molecule has 1 aliphatic heterocycles. The molecular formula is C10H10N2O2. The largest absolute Gasteiger partial charge is 0.274 e. The van der Waals surface area contributed by atoms with Crippen LogP contribution in [0.1, 0.15) is 13.8 Å². The van der Waals surface area contributed by atoms with Crippen LogP contribution < -0.4 is 0 Å². The van der Waals surface area contributed by atoms with Crippen molar-refractivity contribution in [1.82, 2.24) is 4.90 Å². The third-order valence-electron chi connectivity index (χ3n) is 2.22. The van der Waals surface area contributed by atoms with Crippen molar-refractivity contribution in [1.29, 1.82) is 5.26 Å². The van der Waals surface area contributed by atoms with Crippen molar-refractivity contribution in [3.05, 3.63) is 23.3 Å². The van der Waals surface area contributed by atoms with Gasteiger partial charge in [-0.05, 0) is 19.4 Å². The van der Waals surface area contributed by atoms with Crippen LogP contribution in [0.3, 0.4) is 0 Å². The number of nitriles is 1. The fourth-order valence-corrected chi connectivity index (χ4v) is 1.28. The van der Waals surface area contributed by atoms with E-state index in [4.69, 9.17) is 5.26 Å². The van der Waals surface area contributed by atoms with Crippen LogP contribution in [0.25, 0.3) is 0 Å². The Morgan fingerprint density at radius 2 is 2.00 bits per heavy atom. The second-order valence-corrected chi connectivity index (χ2v) is 2.94. The lowest BCUT2D eigenvalue weighted by Crippen LogP contribution is -2.42. The summed E-state index contributed by atoms with van der Waals surface area (Å²) >= 11 is 0. The molecule has 0 unspecified atom stereocenters. The molecule has 0 aromatic heterocycles. The second kappa shape index (κ2) is 3.46. The van der Waals surface area contributed by atoms with Crippen LogP contribution in [0.5, 0.6) is 0 Å². The van der Waals surface area contributed by atoms with Crippen molar-refractivity contribution in [3.63, 3.8) is 0 Å². The quantitative estimate of drug-likeness (QED) is 0.453. The van der Waals surface area contributed by atoms with E-state index < -0.39 is 11.8 Å². The summed E-state index contributed by atoms with van der Waals surface area (Å²) in [6, 6.07) is 1.79. The Balaban J connectivity index is 3.33. The zero-order valence-corrected chi connectivity index (χ0v) is 8.13. The molecule has 0 N–H and O–H groups in total. The van der Waals surface area contributed by atoms with E-state index >= 15 is 0 Å². The average molecular weight is 190 g/mol. The van der Waals surface area contributed by atoms with Gasteiger partial charge in [0.2, 0.25) is 0 Å². The van der Waals surface area contributed by atoms with Crippen LogP contribution >= 0.6 is 0 Å². The number of carbonyl (C=O) groups is 2. The fraction of sp³-hybridized carbons (Fsp3) is 0.300. The first kappa shape index (κ1) is 10.2. The van der Waals surface area contributed by atoms with Gasteiger partial charge in [0.1, 0.15) is 11.6 Å². The van der Waals surface area contributed by atoms with Crippen LogP contribution in [-0.2, 0) is 9.59 Å². The standard InChI is InChI=1S/C10H10N2O2/c1-4-12-9(13)7(3)6(2)8(5-11)10(12)14/h3-4H2,1-2H3. The molecule has 1 rings (SSSR count). The van der Waals surface area contributed by atoms with Gasteiger partial charge in [-0.15, -0.1) is 0 Å². The molecule has 14 heavy (non-hydrogen) atoms. The predicted molar refractivity (Wildman–Crippen MR) is 49.8 cm³/mol. The molecule has 0 fully saturated rings. The molecule has 0 bridgehead atoms. The molecule has 1 heterocycles. The van der Waals surface area contributed by atoms with Gasteiger partial charge in [-0.1, -0.05) is 6.58 Å². The van der Waals surface area contributed by atoms with Crippen LogP contribution in [0, 0.1) is 11.3 Å². The summed E-state index contributed by atoms with van der Waals surface area (Å²) in [4.78, 5) is 24.1. The molecule has 2 amide bonds. The van der Waals surface area contributed by atoms with Crippen LogP contribution in [0.4, 0.5) is 0 Å². The minimum Gasteiger partial charge on any atom is -0.274 e. The zero-order valence-electron chi connectivity index (χ0n) is 8.13. The Kier molecular flexibility index (Phi) is 2.52. The Labute approximate surface area is 82.1 Å². The number of carbonyl (C=O) groups excluding carboxylic acids is 2. The van der Waals surface area contributed by atoms with Gasteiger partial charge in [0.25, 0.3) is 11.8 Å². The third kappa shape index (κ3) is 1.23. The molecular weight excluding hydrogens is 180 g/mol. The summed E-state index contributed by atoms with van der Waals surface area (Å²) in [7, 11) is 0. The highest BCUT2D eigenvalue weighted by atomic mass is 16.2. The normalized spacial score (nSPS) is 17.5. The predicted octanol–water partition coefficient (Wildman–Crippen LogP) is 0.771. The van der Waals surface area contributed by atoms with Crippen LogP contribution in [-0.4, -0.2) is 23.3 Å². The maximum absolute atomic E-state index is 11.5. The first-order valence-corrected chi connectivity index (χ1v) is 4.21. The minimum absolute atomic E-state index is 0.0106. The highest BCUT2D eigenvalue weighted by molar-refractivity contribution is 6.17. The van der Waals surface area contributed by atoms with Gasteiger partial charge >= 0.3 is 0 Å². The summed E-state index contributed by atoms with van der Waals surface area (Å²) in [5.41, 5.74) is 0.617. The van der Waals surface area contributed by atoms with Gasteiger partial charge in [-0.25, -0.2) is 0 Å². The van der Waals surface area contributed by atoms with Crippen molar-refractivity contribution in [3.8, 4) is 6.07 Å². The Bertz CT molecular complexity index is 399. The molecule has 0 radical (unpaired) electrons. The minimum atomic E-state index is -0.523. The van der Waals surface area contributed by atoms with Gasteiger partial charge in [-0.3, -0.25) is 14.5 Å². The maximum atomic E-state index is 11.5. The number of likely N-dealkylation sites (N-methyl/N-ethyl adjacent to an activating group) is 1. The Morgan fingerprint density at radius 1 is 1.43 bits per heavy atom. The highest BCUT2D eigenvalue weighted by Crippen LogP contribution is 2.22. The number of hydrogen-bond donors (Lipinski definition) is 0. The Morgan fingerprint density at radius 3 is 2.43 bits per heavy atom. The lowest BCUT2D eigenvalue weighted by Gasteiger charge is -2.25. The summed E-state index contributed by atoms with van der Waals surface area (Å²) in [6.45, 7) is 7.05. The Hall–Kier alpha value is -1.89. The van der Waals surface area contributed by atoms with Gasteiger partial charge in [0.05, 0.1) is 0 Å². The molecule has 4 nitrogen and oxygen atoms in total. The number of imide groups is 1. The number of hydrogen-bond acceptors (Lipinski definition) is 3. The van der Waals surface area contributed by atoms with Crippen molar-refractivity contribution >= 4 is 11.8 Å². The molecule has 0 aliphatic carbocycles. The SMILES string of the molecule is C=C1C(=O)N(CC)C(=O)C(C#N)=C1C. The van der Waals surface area contributed by atoms with E-state index in [1.165, 1.54) is 0 Å². The number of amides is 2. The molecule has 4 heteroatoms. The van der Waals surface area contributed by atoms with E-state index in [0.717, 1.165) is 4.90 Å². The molecule has 0 aromatic rings. The van der Waals surface area contributed by atoms with Crippen molar-refractivity contribution < 1.29 is 9.59 Å². The molecule has 0 spiro atoms. The lowest BCUT2D eigenvalue weighted by atomic mass is 9.97. The van der Waals surface area contributed by atoms with Gasteiger partial charge < -0.3 is 0 Å². The topological polar surface area (TPSA) is 61.2 Å². The zero-order chi connectivity index (χ0) is 10.9. The van der Waals surface area contributed by atoms with E-state index in [1.807, 2.05) is 0 Å². The molecule has 1 aliphatic rings. The van der Waals surface area contributed by atoms with E-state index in [1.54, 1.807) is 19.9 Å². The number of rotatable bonds is 1. The third-order valence-corrected chi connectivity index (χ3v) is 2.22. The fourth-order valence-electron chi connectivity index (χ4n) is 1.28. The first-order valence-electron chi connectivity index (χ1n) is 4.21. The van der Waals surface area contributed by atoms with Crippen molar-refractivity contribution in [2.75, 3.05) is 6.54 Å². The van der Waals surface area contributed by atoms with Crippen LogP contribution in [0.2, 0.25) is 0 Å². The highest BCUT2D eigenvalue weighted by Gasteiger charge is 2.32. The second-order valence-electron chi connectivity index (χ2n) is 2.94.